The second kappa shape index (κ2) is 11.7. The van der Waals surface area contributed by atoms with Crippen LogP contribution in [0.3, 0.4) is 0 Å². The van der Waals surface area contributed by atoms with Crippen molar-refractivity contribution < 1.29 is 17.9 Å². The number of amides is 1. The summed E-state index contributed by atoms with van der Waals surface area (Å²) in [5.74, 6) is 0.266. The smallest absolute Gasteiger partial charge is 0.264 e. The lowest BCUT2D eigenvalue weighted by Crippen LogP contribution is -2.42. The van der Waals surface area contributed by atoms with E-state index in [1.165, 1.54) is 24.8 Å². The van der Waals surface area contributed by atoms with Crippen LogP contribution in [0.4, 0.5) is 5.69 Å². The van der Waals surface area contributed by atoms with Gasteiger partial charge >= 0.3 is 0 Å². The maximum atomic E-state index is 13.6. The third-order valence-electron chi connectivity index (χ3n) is 5.75. The van der Waals surface area contributed by atoms with Gasteiger partial charge in [0.25, 0.3) is 10.0 Å². The third-order valence-corrected chi connectivity index (χ3v) is 7.53. The molecule has 0 bridgehead atoms. The van der Waals surface area contributed by atoms with Gasteiger partial charge in [-0.15, -0.1) is 0 Å². The number of rotatable bonds is 11. The number of carbonyl (C=O) groups excluding carboxylic acids is 1. The molecule has 3 aromatic carbocycles. The topological polar surface area (TPSA) is 75.7 Å². The molecule has 1 unspecified atom stereocenters. The highest BCUT2D eigenvalue weighted by atomic mass is 32.2. The van der Waals surface area contributed by atoms with Gasteiger partial charge in [0.2, 0.25) is 5.91 Å². The Hall–Kier alpha value is -3.32. The summed E-state index contributed by atoms with van der Waals surface area (Å²) in [6, 6.07) is 23.5. The predicted molar refractivity (Wildman–Crippen MR) is 136 cm³/mol. The predicted octanol–water partition coefficient (Wildman–Crippen LogP) is 4.58. The van der Waals surface area contributed by atoms with Crippen molar-refractivity contribution in [2.75, 3.05) is 24.5 Å². The number of ether oxygens (including phenoxy) is 1. The van der Waals surface area contributed by atoms with E-state index in [2.05, 4.69) is 24.4 Å². The third kappa shape index (κ3) is 6.38. The quantitative estimate of drug-likeness (QED) is 0.436. The molecule has 180 valence electrons. The Labute approximate surface area is 202 Å². The highest BCUT2D eigenvalue weighted by Crippen LogP contribution is 2.33. The summed E-state index contributed by atoms with van der Waals surface area (Å²) >= 11 is 0. The number of methoxy groups -OCH3 is 1. The summed E-state index contributed by atoms with van der Waals surface area (Å²) in [4.78, 5) is 13.1. The van der Waals surface area contributed by atoms with Crippen LogP contribution in [0.2, 0.25) is 0 Å². The van der Waals surface area contributed by atoms with Crippen LogP contribution < -0.4 is 14.4 Å². The van der Waals surface area contributed by atoms with Crippen molar-refractivity contribution in [1.29, 1.82) is 0 Å². The summed E-state index contributed by atoms with van der Waals surface area (Å²) in [5.41, 5.74) is 2.40. The molecule has 0 fully saturated rings. The molecule has 0 heterocycles. The highest BCUT2D eigenvalue weighted by Gasteiger charge is 2.29. The standard InChI is InChI=1S/C27H32N2O4S/c1-4-22(18-23-11-7-5-8-12-23)19-28-27(30)20-29(25-17-21(2)15-16-26(25)33-3)34(31,32)24-13-9-6-10-14-24/h5-17,22H,4,18-20H2,1-3H3,(H,28,30). The van der Waals surface area contributed by atoms with Crippen LogP contribution in [0, 0.1) is 12.8 Å². The van der Waals surface area contributed by atoms with E-state index in [1.807, 2.05) is 31.2 Å². The van der Waals surface area contributed by atoms with E-state index in [9.17, 15) is 13.2 Å². The number of aryl methyl sites for hydroxylation is 1. The lowest BCUT2D eigenvalue weighted by Gasteiger charge is -2.26. The molecule has 1 amide bonds. The number of sulfonamides is 1. The van der Waals surface area contributed by atoms with Gasteiger partial charge in [-0.05, 0) is 54.7 Å². The molecule has 1 atom stereocenters. The van der Waals surface area contributed by atoms with Gasteiger partial charge < -0.3 is 10.1 Å². The minimum absolute atomic E-state index is 0.113. The largest absolute Gasteiger partial charge is 0.495 e. The minimum Gasteiger partial charge on any atom is -0.495 e. The first-order chi connectivity index (χ1) is 16.3. The van der Waals surface area contributed by atoms with E-state index in [4.69, 9.17) is 4.74 Å². The van der Waals surface area contributed by atoms with E-state index >= 15 is 0 Å². The lowest BCUT2D eigenvalue weighted by molar-refractivity contribution is -0.119. The lowest BCUT2D eigenvalue weighted by atomic mass is 9.97. The van der Waals surface area contributed by atoms with Gasteiger partial charge in [-0.3, -0.25) is 9.10 Å². The van der Waals surface area contributed by atoms with E-state index in [0.717, 1.165) is 22.7 Å². The van der Waals surface area contributed by atoms with Crippen molar-refractivity contribution >= 4 is 21.6 Å². The monoisotopic (exact) mass is 480 g/mol. The average molecular weight is 481 g/mol. The van der Waals surface area contributed by atoms with Gasteiger partial charge in [0.15, 0.2) is 0 Å². The number of carbonyl (C=O) groups is 1. The SMILES string of the molecule is CCC(CNC(=O)CN(c1cc(C)ccc1OC)S(=O)(=O)c1ccccc1)Cc1ccccc1. The Morgan fingerprint density at radius 1 is 1.00 bits per heavy atom. The summed E-state index contributed by atoms with van der Waals surface area (Å²) < 4.78 is 33.7. The van der Waals surface area contributed by atoms with E-state index in [0.29, 0.717) is 18.0 Å². The minimum atomic E-state index is -4.00. The fourth-order valence-corrected chi connectivity index (χ4v) is 5.21. The zero-order valence-electron chi connectivity index (χ0n) is 19.9. The highest BCUT2D eigenvalue weighted by molar-refractivity contribution is 7.92. The van der Waals surface area contributed by atoms with Crippen molar-refractivity contribution in [1.82, 2.24) is 5.32 Å². The van der Waals surface area contributed by atoms with Crippen LogP contribution in [-0.4, -0.2) is 34.5 Å². The Morgan fingerprint density at radius 2 is 1.65 bits per heavy atom. The molecule has 7 heteroatoms. The zero-order valence-corrected chi connectivity index (χ0v) is 20.7. The molecule has 0 aliphatic rings. The molecular weight excluding hydrogens is 448 g/mol. The second-order valence-electron chi connectivity index (χ2n) is 8.27. The fourth-order valence-electron chi connectivity index (χ4n) is 3.77. The Kier molecular flexibility index (Phi) is 8.71. The summed E-state index contributed by atoms with van der Waals surface area (Å²) in [5, 5.41) is 2.94. The van der Waals surface area contributed by atoms with Crippen LogP contribution in [-0.2, 0) is 21.2 Å². The van der Waals surface area contributed by atoms with Gasteiger partial charge in [-0.2, -0.15) is 0 Å². The first-order valence-corrected chi connectivity index (χ1v) is 12.8. The van der Waals surface area contributed by atoms with Crippen molar-refractivity contribution in [2.45, 2.75) is 31.6 Å². The average Bonchev–Trinajstić information content (AvgIpc) is 2.86. The van der Waals surface area contributed by atoms with Crippen molar-refractivity contribution in [3.8, 4) is 5.75 Å². The number of nitrogens with zero attached hydrogens (tertiary/aromatic N) is 1. The molecule has 0 saturated carbocycles. The summed E-state index contributed by atoms with van der Waals surface area (Å²) in [6.07, 6.45) is 1.74. The zero-order chi connectivity index (χ0) is 24.6. The summed E-state index contributed by atoms with van der Waals surface area (Å²) in [6.45, 7) is 4.07. The summed E-state index contributed by atoms with van der Waals surface area (Å²) in [7, 11) is -2.52. The van der Waals surface area contributed by atoms with Gasteiger partial charge in [0.05, 0.1) is 17.7 Å². The van der Waals surface area contributed by atoms with Crippen LogP contribution >= 0.6 is 0 Å². The molecule has 0 aromatic heterocycles. The van der Waals surface area contributed by atoms with Gasteiger partial charge in [0.1, 0.15) is 12.3 Å². The normalized spacial score (nSPS) is 12.1. The Bertz CT molecular complexity index is 1180. The first kappa shape index (κ1) is 25.3. The molecule has 0 radical (unpaired) electrons. The number of hydrogen-bond acceptors (Lipinski definition) is 4. The molecule has 1 N–H and O–H groups in total. The van der Waals surface area contributed by atoms with Gasteiger partial charge in [0, 0.05) is 6.54 Å². The van der Waals surface area contributed by atoms with Crippen LogP contribution in [0.5, 0.6) is 5.75 Å². The molecule has 0 spiro atoms. The molecule has 34 heavy (non-hydrogen) atoms. The Balaban J connectivity index is 1.83. The van der Waals surface area contributed by atoms with Gasteiger partial charge in [-0.25, -0.2) is 8.42 Å². The number of benzene rings is 3. The maximum absolute atomic E-state index is 13.6. The van der Waals surface area contributed by atoms with E-state index in [1.54, 1.807) is 30.3 Å². The number of hydrogen-bond donors (Lipinski definition) is 1. The molecule has 3 aromatic rings. The second-order valence-corrected chi connectivity index (χ2v) is 10.1. The number of anilines is 1. The van der Waals surface area contributed by atoms with E-state index in [-0.39, 0.29) is 23.3 Å². The molecule has 0 saturated heterocycles. The first-order valence-electron chi connectivity index (χ1n) is 11.4. The maximum Gasteiger partial charge on any atom is 0.264 e. The molecule has 3 rings (SSSR count). The van der Waals surface area contributed by atoms with Crippen LogP contribution in [0.25, 0.3) is 0 Å². The van der Waals surface area contributed by atoms with Crippen LogP contribution in [0.1, 0.15) is 24.5 Å². The fraction of sp³-hybridized carbons (Fsp3) is 0.296. The molecule has 0 aliphatic carbocycles. The number of nitrogens with one attached hydrogen (secondary N) is 1. The van der Waals surface area contributed by atoms with Crippen molar-refractivity contribution in [2.24, 2.45) is 5.92 Å². The Morgan fingerprint density at radius 3 is 2.26 bits per heavy atom. The molecule has 0 aliphatic heterocycles. The molecule has 6 nitrogen and oxygen atoms in total. The van der Waals surface area contributed by atoms with Gasteiger partial charge in [-0.1, -0.05) is 67.9 Å². The molecular formula is C27H32N2O4S. The van der Waals surface area contributed by atoms with Crippen molar-refractivity contribution in [3.63, 3.8) is 0 Å². The van der Waals surface area contributed by atoms with Crippen molar-refractivity contribution in [3.05, 3.63) is 90.0 Å². The van der Waals surface area contributed by atoms with E-state index < -0.39 is 10.0 Å². The van der Waals surface area contributed by atoms with Crippen LogP contribution in [0.15, 0.2) is 83.8 Å².